The third-order valence-corrected chi connectivity index (χ3v) is 41.6. The van der Waals surface area contributed by atoms with Gasteiger partial charge in [-0.05, 0) is 0 Å². The SMILES string of the molecule is CCC[CH2][Sn]([CH2]CCC)([CH2]c1ccccc1Sc1ccccc1[CH2][Sn]([CH2]CCC)([CH2]CCC)[13CH2]CCC)[13CH2]CCC. The van der Waals surface area contributed by atoms with Crippen LogP contribution in [-0.2, 0) is 8.87 Å². The molecular weight excluding hydrogens is 728 g/mol. The van der Waals surface area contributed by atoms with E-state index < -0.39 is 36.8 Å². The number of hydrogen-bond donors (Lipinski definition) is 0. The Hall–Kier alpha value is 0.387. The van der Waals surface area contributed by atoms with Crippen molar-refractivity contribution in [3.8, 4) is 0 Å². The molecule has 2 aromatic rings. The zero-order valence-corrected chi connectivity index (χ0v) is 34.7. The van der Waals surface area contributed by atoms with Crippen LogP contribution in [0.5, 0.6) is 0 Å². The topological polar surface area (TPSA) is 0 Å². The summed E-state index contributed by atoms with van der Waals surface area (Å²) in [4.78, 5) is 3.14. The molecule has 0 fully saturated rings. The average molecular weight is 794 g/mol. The second-order valence-corrected chi connectivity index (χ2v) is 42.1. The van der Waals surface area contributed by atoms with Gasteiger partial charge in [-0.25, -0.2) is 0 Å². The number of rotatable bonds is 24. The molecule has 0 nitrogen and oxygen atoms in total. The first-order valence-electron chi connectivity index (χ1n) is 17.8. The van der Waals surface area contributed by atoms with Gasteiger partial charge in [0, 0.05) is 0 Å². The van der Waals surface area contributed by atoms with E-state index in [0.29, 0.717) is 0 Å². The Bertz CT molecular complexity index is 820. The molecule has 0 aliphatic heterocycles. The predicted molar refractivity (Wildman–Crippen MR) is 194 cm³/mol. The summed E-state index contributed by atoms with van der Waals surface area (Å²) >= 11 is -2.42. The Kier molecular flexibility index (Phi) is 20.1. The molecule has 0 saturated heterocycles. The first-order valence-corrected chi connectivity index (χ1v) is 34.8. The summed E-state index contributed by atoms with van der Waals surface area (Å²) < 4.78 is 12.5. The van der Waals surface area contributed by atoms with Gasteiger partial charge in [-0.1, -0.05) is 0 Å². The van der Waals surface area contributed by atoms with Crippen LogP contribution in [0.25, 0.3) is 0 Å². The van der Waals surface area contributed by atoms with Gasteiger partial charge in [0.25, 0.3) is 0 Å². The van der Waals surface area contributed by atoms with E-state index >= 15 is 0 Å². The third kappa shape index (κ3) is 13.5. The quantitative estimate of drug-likeness (QED) is 0.0753. The molecule has 0 saturated carbocycles. The molecular formula is C38H66SSn2. The molecule has 0 unspecified atom stereocenters. The van der Waals surface area contributed by atoms with Crippen LogP contribution in [0.1, 0.15) is 130 Å². The van der Waals surface area contributed by atoms with E-state index in [1.165, 1.54) is 85.9 Å². The normalized spacial score (nSPS) is 12.2. The van der Waals surface area contributed by atoms with Gasteiger partial charge >= 0.3 is 272 Å². The van der Waals surface area contributed by atoms with E-state index in [1.807, 2.05) is 0 Å². The molecule has 3 heteroatoms. The summed E-state index contributed by atoms with van der Waals surface area (Å²) in [5, 5.41) is 0. The predicted octanol–water partition coefficient (Wildman–Crippen LogP) is 13.7. The molecule has 0 N–H and O–H groups in total. The molecule has 2 aromatic carbocycles. The van der Waals surface area contributed by atoms with Gasteiger partial charge in [0.2, 0.25) is 0 Å². The van der Waals surface area contributed by atoms with E-state index in [0.717, 1.165) is 0 Å². The zero-order chi connectivity index (χ0) is 29.8. The summed E-state index contributed by atoms with van der Waals surface area (Å²) in [5.41, 5.74) is 3.40. The van der Waals surface area contributed by atoms with Crippen molar-refractivity contribution in [1.82, 2.24) is 0 Å². The van der Waals surface area contributed by atoms with Crippen LogP contribution in [0.4, 0.5) is 0 Å². The van der Waals surface area contributed by atoms with Crippen molar-refractivity contribution in [2.24, 2.45) is 0 Å². The standard InChI is InChI=1S/C14H12S.6C4H9.2Sn/c1-11-7-3-5-9-13(11)15-14-10-6-4-8-12(14)2;6*1-3-4-2;;/h3-10H,1-2H2;6*1,3-4H2,2H3;;/i;2*1+1;;;;;;. The van der Waals surface area contributed by atoms with Crippen molar-refractivity contribution in [2.75, 3.05) is 0 Å². The monoisotopic (exact) mass is 796 g/mol. The minimum absolute atomic E-state index is 1.36. The van der Waals surface area contributed by atoms with Gasteiger partial charge in [0.15, 0.2) is 0 Å². The van der Waals surface area contributed by atoms with Crippen molar-refractivity contribution in [1.29, 1.82) is 0 Å². The van der Waals surface area contributed by atoms with Crippen LogP contribution in [0.15, 0.2) is 58.3 Å². The fourth-order valence-corrected chi connectivity index (χ4v) is 41.4. The second kappa shape index (κ2) is 22.0. The molecule has 0 aliphatic carbocycles. The molecule has 0 bridgehead atoms. The molecule has 0 heterocycles. The molecule has 0 aromatic heterocycles. The maximum atomic E-state index is 2.52. The van der Waals surface area contributed by atoms with E-state index in [4.69, 9.17) is 0 Å². The number of unbranched alkanes of at least 4 members (excludes halogenated alkanes) is 6. The van der Waals surface area contributed by atoms with Crippen LogP contribution in [0, 0.1) is 0 Å². The fourth-order valence-electron chi connectivity index (χ4n) is 7.02. The zero-order valence-electron chi connectivity index (χ0n) is 28.2. The summed E-state index contributed by atoms with van der Waals surface area (Å²) in [6.07, 6.45) is 17.0. The molecule has 0 aliphatic rings. The van der Waals surface area contributed by atoms with Crippen LogP contribution in [0.3, 0.4) is 0 Å². The van der Waals surface area contributed by atoms with Gasteiger partial charge in [-0.3, -0.25) is 0 Å². The van der Waals surface area contributed by atoms with Gasteiger partial charge in [0.05, 0.1) is 0 Å². The van der Waals surface area contributed by atoms with Crippen molar-refractivity contribution in [3.05, 3.63) is 59.7 Å². The Morgan fingerprint density at radius 2 is 0.683 bits per heavy atom. The summed E-state index contributed by atoms with van der Waals surface area (Å²) in [5.74, 6) is 0. The Balaban J connectivity index is 2.42. The molecule has 0 atom stereocenters. The van der Waals surface area contributed by atoms with Crippen molar-refractivity contribution in [2.45, 2.75) is 164 Å². The van der Waals surface area contributed by atoms with E-state index in [2.05, 4.69) is 102 Å². The minimum atomic E-state index is -2.27. The van der Waals surface area contributed by atoms with Crippen LogP contribution < -0.4 is 0 Å². The van der Waals surface area contributed by atoms with Gasteiger partial charge in [-0.2, -0.15) is 0 Å². The van der Waals surface area contributed by atoms with E-state index in [-0.39, 0.29) is 0 Å². The van der Waals surface area contributed by atoms with E-state index in [9.17, 15) is 0 Å². The Morgan fingerprint density at radius 3 is 0.951 bits per heavy atom. The number of benzene rings is 2. The van der Waals surface area contributed by atoms with Crippen molar-refractivity contribution >= 4 is 48.5 Å². The molecule has 2 rings (SSSR count). The van der Waals surface area contributed by atoms with Gasteiger partial charge in [0.1, 0.15) is 0 Å². The second-order valence-electron chi connectivity index (χ2n) is 13.3. The summed E-state index contributed by atoms with van der Waals surface area (Å²) in [7, 11) is 0. The van der Waals surface area contributed by atoms with Gasteiger partial charge in [-0.15, -0.1) is 0 Å². The van der Waals surface area contributed by atoms with E-state index in [1.54, 1.807) is 47.5 Å². The van der Waals surface area contributed by atoms with Crippen molar-refractivity contribution < 1.29 is 0 Å². The summed E-state index contributed by atoms with van der Waals surface area (Å²) in [6.45, 7) is 14.4. The number of hydrogen-bond acceptors (Lipinski definition) is 1. The Labute approximate surface area is 269 Å². The van der Waals surface area contributed by atoms with Gasteiger partial charge < -0.3 is 0 Å². The molecule has 232 valence electrons. The van der Waals surface area contributed by atoms with Crippen molar-refractivity contribution in [3.63, 3.8) is 0 Å². The maximum absolute atomic E-state index is 2.52. The molecule has 0 spiro atoms. The first-order chi connectivity index (χ1) is 20.0. The fraction of sp³-hybridized carbons (Fsp3) is 0.684. The molecule has 0 radical (unpaired) electrons. The molecule has 41 heavy (non-hydrogen) atoms. The summed E-state index contributed by atoms with van der Waals surface area (Å²) in [6, 6.07) is 19.3. The van der Waals surface area contributed by atoms with Crippen LogP contribution >= 0.6 is 11.8 Å². The van der Waals surface area contributed by atoms with Crippen LogP contribution in [0.2, 0.25) is 26.6 Å². The van der Waals surface area contributed by atoms with Crippen LogP contribution in [-0.4, -0.2) is 36.8 Å². The third-order valence-electron chi connectivity index (χ3n) is 9.66. The first kappa shape index (κ1) is 37.6. The molecule has 0 amide bonds. The average Bonchev–Trinajstić information content (AvgIpc) is 3.00. The Morgan fingerprint density at radius 1 is 0.415 bits per heavy atom.